The minimum Gasteiger partial charge on any atom is -0.334 e. The third kappa shape index (κ3) is 4.10. The van der Waals surface area contributed by atoms with E-state index in [1.807, 2.05) is 25.1 Å². The fraction of sp³-hybridized carbons (Fsp3) is 0.105. The zero-order valence-corrected chi connectivity index (χ0v) is 16.6. The number of hydrogen-bond donors (Lipinski definition) is 2. The molecule has 2 aromatic heterocycles. The maximum Gasteiger partial charge on any atom is 0.418 e. The number of nitrogens with one attached hydrogen (secondary N) is 2. The molecule has 0 unspecified atom stereocenters. The van der Waals surface area contributed by atoms with Gasteiger partial charge in [0.2, 0.25) is 11.6 Å². The second-order valence-electron chi connectivity index (χ2n) is 6.41. The van der Waals surface area contributed by atoms with Crippen LogP contribution in [0.15, 0.2) is 48.8 Å². The van der Waals surface area contributed by atoms with Gasteiger partial charge < -0.3 is 10.6 Å². The van der Waals surface area contributed by atoms with Gasteiger partial charge in [0.15, 0.2) is 5.13 Å². The number of fused-ring (bicyclic) bond motifs is 1. The summed E-state index contributed by atoms with van der Waals surface area (Å²) in [5.74, 6) is -0.569. The molecule has 0 saturated carbocycles. The highest BCUT2D eigenvalue weighted by Gasteiger charge is 2.34. The number of halogens is 3. The highest BCUT2D eigenvalue weighted by atomic mass is 32.1. The minimum atomic E-state index is -4.65. The summed E-state index contributed by atoms with van der Waals surface area (Å²) in [5.41, 5.74) is -0.262. The summed E-state index contributed by atoms with van der Waals surface area (Å²) in [4.78, 5) is 23.1. The van der Waals surface area contributed by atoms with Crippen LogP contribution in [-0.2, 0) is 6.18 Å². The molecular weight excluding hydrogens is 433 g/mol. The topological polar surface area (TPSA) is 106 Å². The van der Waals surface area contributed by atoms with Gasteiger partial charge in [0.1, 0.15) is 6.33 Å². The van der Waals surface area contributed by atoms with E-state index in [0.29, 0.717) is 5.13 Å². The van der Waals surface area contributed by atoms with E-state index in [-0.39, 0.29) is 17.3 Å². The molecule has 0 spiro atoms. The summed E-state index contributed by atoms with van der Waals surface area (Å²) in [7, 11) is 0. The van der Waals surface area contributed by atoms with Crippen molar-refractivity contribution in [2.24, 2.45) is 0 Å². The predicted octanol–water partition coefficient (Wildman–Crippen LogP) is 5.81. The van der Waals surface area contributed by atoms with Gasteiger partial charge in [-0.1, -0.05) is 35.6 Å². The molecule has 0 radical (unpaired) electrons. The second-order valence-corrected chi connectivity index (χ2v) is 7.44. The molecule has 0 fully saturated rings. The average molecular weight is 446 g/mol. The third-order valence-corrected chi connectivity index (χ3v) is 5.27. The molecule has 2 N–H and O–H groups in total. The molecule has 0 aliphatic heterocycles. The molecule has 0 atom stereocenters. The van der Waals surface area contributed by atoms with Crippen molar-refractivity contribution in [2.45, 2.75) is 13.1 Å². The third-order valence-electron chi connectivity index (χ3n) is 4.34. The Hall–Kier alpha value is -3.80. The number of para-hydroxylation sites is 2. The van der Waals surface area contributed by atoms with E-state index in [4.69, 9.17) is 0 Å². The van der Waals surface area contributed by atoms with Crippen molar-refractivity contribution in [3.05, 3.63) is 70.0 Å². The molecule has 8 nitrogen and oxygen atoms in total. The minimum absolute atomic E-state index is 0.191. The van der Waals surface area contributed by atoms with Gasteiger partial charge in [-0.15, -0.1) is 0 Å². The van der Waals surface area contributed by atoms with Crippen molar-refractivity contribution in [3.8, 4) is 0 Å². The van der Waals surface area contributed by atoms with Crippen molar-refractivity contribution < 1.29 is 18.1 Å². The molecular formula is C19H13F3N6O2S. The smallest absolute Gasteiger partial charge is 0.334 e. The highest BCUT2D eigenvalue weighted by molar-refractivity contribution is 7.22. The first-order valence-electron chi connectivity index (χ1n) is 8.80. The monoisotopic (exact) mass is 446 g/mol. The Morgan fingerprint density at radius 3 is 2.42 bits per heavy atom. The quantitative estimate of drug-likeness (QED) is 0.294. The van der Waals surface area contributed by atoms with Crippen LogP contribution in [0.25, 0.3) is 10.2 Å². The van der Waals surface area contributed by atoms with Gasteiger partial charge in [-0.3, -0.25) is 10.1 Å². The first-order valence-corrected chi connectivity index (χ1v) is 9.61. The van der Waals surface area contributed by atoms with E-state index >= 15 is 0 Å². The van der Waals surface area contributed by atoms with E-state index in [1.54, 1.807) is 0 Å². The lowest BCUT2D eigenvalue weighted by Gasteiger charge is -2.14. The number of alkyl halides is 3. The lowest BCUT2D eigenvalue weighted by atomic mass is 10.1. The Bertz CT molecular complexity index is 1290. The summed E-state index contributed by atoms with van der Waals surface area (Å²) in [5, 5.41) is 17.3. The zero-order valence-electron chi connectivity index (χ0n) is 15.8. The van der Waals surface area contributed by atoms with Crippen LogP contribution in [0.3, 0.4) is 0 Å². The molecule has 4 rings (SSSR count). The number of benzene rings is 2. The fourth-order valence-electron chi connectivity index (χ4n) is 2.94. The van der Waals surface area contributed by atoms with Crippen LogP contribution in [0.2, 0.25) is 0 Å². The summed E-state index contributed by atoms with van der Waals surface area (Å²) >= 11 is 1.27. The van der Waals surface area contributed by atoms with Crippen molar-refractivity contribution in [1.29, 1.82) is 0 Å². The van der Waals surface area contributed by atoms with Crippen molar-refractivity contribution in [1.82, 2.24) is 15.0 Å². The van der Waals surface area contributed by atoms with Gasteiger partial charge in [0.05, 0.1) is 26.4 Å². The molecule has 2 aromatic carbocycles. The molecule has 12 heteroatoms. The number of thiazole rings is 1. The number of nitro groups is 1. The van der Waals surface area contributed by atoms with Crippen molar-refractivity contribution in [3.63, 3.8) is 0 Å². The lowest BCUT2D eigenvalue weighted by molar-refractivity contribution is -0.383. The molecule has 0 amide bonds. The first kappa shape index (κ1) is 20.5. The SMILES string of the molecule is Cc1cccc2sc(Nc3ncnc(Nc4ccccc4C(F)(F)F)c3[N+](=O)[O-])nc12. The van der Waals surface area contributed by atoms with Crippen LogP contribution in [0, 0.1) is 17.0 Å². The van der Waals surface area contributed by atoms with Gasteiger partial charge in [-0.05, 0) is 30.7 Å². The van der Waals surface area contributed by atoms with Crippen LogP contribution >= 0.6 is 11.3 Å². The van der Waals surface area contributed by atoms with E-state index in [1.165, 1.54) is 23.5 Å². The maximum atomic E-state index is 13.3. The van der Waals surface area contributed by atoms with Crippen molar-refractivity contribution >= 4 is 49.7 Å². The maximum absolute atomic E-state index is 13.3. The summed E-state index contributed by atoms with van der Waals surface area (Å²) in [6.07, 6.45) is -3.63. The Morgan fingerprint density at radius 2 is 1.74 bits per heavy atom. The molecule has 0 aliphatic carbocycles. The van der Waals surface area contributed by atoms with Crippen LogP contribution < -0.4 is 10.6 Å². The number of nitrogens with zero attached hydrogens (tertiary/aromatic N) is 4. The van der Waals surface area contributed by atoms with E-state index in [9.17, 15) is 23.3 Å². The van der Waals surface area contributed by atoms with E-state index in [2.05, 4.69) is 25.6 Å². The first-order chi connectivity index (χ1) is 14.7. The second kappa shape index (κ2) is 7.80. The Balaban J connectivity index is 1.74. The van der Waals surface area contributed by atoms with Crippen molar-refractivity contribution in [2.75, 3.05) is 10.6 Å². The predicted molar refractivity (Wildman–Crippen MR) is 111 cm³/mol. The Kier molecular flexibility index (Phi) is 5.15. The summed E-state index contributed by atoms with van der Waals surface area (Å²) in [6.45, 7) is 1.89. The van der Waals surface area contributed by atoms with Crippen LogP contribution in [-0.4, -0.2) is 19.9 Å². The number of rotatable bonds is 5. The molecule has 2 heterocycles. The van der Waals surface area contributed by atoms with Gasteiger partial charge in [-0.25, -0.2) is 15.0 Å². The lowest BCUT2D eigenvalue weighted by Crippen LogP contribution is -2.10. The number of aromatic nitrogens is 3. The number of aryl methyl sites for hydroxylation is 1. The van der Waals surface area contributed by atoms with Gasteiger partial charge in [0.25, 0.3) is 0 Å². The molecule has 31 heavy (non-hydrogen) atoms. The largest absolute Gasteiger partial charge is 0.418 e. The molecule has 0 aliphatic rings. The standard InChI is InChI=1S/C19H13F3N6O2S/c1-10-5-4-8-13-14(10)26-18(31-13)27-17-15(28(29)30)16(23-9-24-17)25-12-7-3-2-6-11(12)19(20,21)22/h2-9H,1H3,(H2,23,24,25,26,27). The fourth-order valence-corrected chi connectivity index (χ4v) is 3.89. The molecule has 158 valence electrons. The zero-order chi connectivity index (χ0) is 22.2. The molecule has 0 saturated heterocycles. The number of anilines is 4. The number of hydrogen-bond acceptors (Lipinski definition) is 8. The van der Waals surface area contributed by atoms with E-state index < -0.39 is 22.4 Å². The van der Waals surface area contributed by atoms with Crippen LogP contribution in [0.5, 0.6) is 0 Å². The highest BCUT2D eigenvalue weighted by Crippen LogP contribution is 2.39. The van der Waals surface area contributed by atoms with Gasteiger partial charge in [0, 0.05) is 0 Å². The average Bonchev–Trinajstić information content (AvgIpc) is 3.11. The summed E-state index contributed by atoms with van der Waals surface area (Å²) in [6, 6.07) is 10.3. The van der Waals surface area contributed by atoms with E-state index in [0.717, 1.165) is 34.2 Å². The Labute approximate surface area is 177 Å². The summed E-state index contributed by atoms with van der Waals surface area (Å²) < 4.78 is 40.7. The molecule has 0 bridgehead atoms. The van der Waals surface area contributed by atoms with Gasteiger partial charge >= 0.3 is 11.9 Å². The van der Waals surface area contributed by atoms with Gasteiger partial charge in [-0.2, -0.15) is 13.2 Å². The van der Waals surface area contributed by atoms with Crippen LogP contribution in [0.4, 0.5) is 41.3 Å². The Morgan fingerprint density at radius 1 is 1.03 bits per heavy atom. The normalized spacial score (nSPS) is 11.5. The van der Waals surface area contributed by atoms with Crippen LogP contribution in [0.1, 0.15) is 11.1 Å². The molecule has 4 aromatic rings.